The van der Waals surface area contributed by atoms with Crippen LogP contribution in [0.25, 0.3) is 0 Å². The van der Waals surface area contributed by atoms with Crippen LogP contribution in [0.5, 0.6) is 0 Å². The van der Waals surface area contributed by atoms with Gasteiger partial charge in [0.2, 0.25) is 0 Å². The summed E-state index contributed by atoms with van der Waals surface area (Å²) in [6.07, 6.45) is -0.752. The summed E-state index contributed by atoms with van der Waals surface area (Å²) < 4.78 is 0. The minimum absolute atomic E-state index is 0.149. The molecule has 0 fully saturated rings. The van der Waals surface area contributed by atoms with Gasteiger partial charge in [-0.15, -0.1) is 11.8 Å². The normalized spacial score (nSPS) is 11.5. The molecule has 1 amide bonds. The molecule has 0 aromatic heterocycles. The first-order chi connectivity index (χ1) is 14.1. The number of nitrogens with one attached hydrogen (secondary N) is 1. The molecule has 0 heterocycles. The second-order valence-corrected chi connectivity index (χ2v) is 7.75. The fourth-order valence-corrected chi connectivity index (χ4v) is 3.81. The van der Waals surface area contributed by atoms with E-state index in [1.165, 1.54) is 0 Å². The van der Waals surface area contributed by atoms with Crippen molar-refractivity contribution in [2.45, 2.75) is 23.7 Å². The van der Waals surface area contributed by atoms with Crippen LogP contribution in [-0.2, 0) is 5.75 Å². The Hall–Kier alpha value is -3.07. The van der Waals surface area contributed by atoms with E-state index in [-0.39, 0.29) is 12.5 Å². The lowest BCUT2D eigenvalue weighted by Gasteiger charge is -2.14. The Morgan fingerprint density at radius 1 is 1.07 bits per heavy atom. The number of amides is 1. The first-order valence-corrected chi connectivity index (χ1v) is 10.3. The molecular weight excluding hydrogens is 380 g/mol. The third-order valence-electron chi connectivity index (χ3n) is 4.53. The van der Waals surface area contributed by atoms with E-state index < -0.39 is 6.10 Å². The van der Waals surface area contributed by atoms with Crippen LogP contribution in [0.4, 0.5) is 0 Å². The standard InChI is InChI=1S/C24H22N2O2S/c1-17-6-12-20(13-7-17)22(27)15-26-24(28)21-4-2-3-5-23(21)29-16-19-10-8-18(14-25)9-11-19/h2-13,22,27H,15-16H2,1H3,(H,26,28). The number of rotatable bonds is 7. The third kappa shape index (κ3) is 5.71. The van der Waals surface area contributed by atoms with E-state index in [9.17, 15) is 9.90 Å². The maximum Gasteiger partial charge on any atom is 0.252 e. The summed E-state index contributed by atoms with van der Waals surface area (Å²) >= 11 is 1.57. The number of hydrogen-bond acceptors (Lipinski definition) is 4. The SMILES string of the molecule is Cc1ccc(C(O)CNC(=O)c2ccccc2SCc2ccc(C#N)cc2)cc1. The van der Waals surface area contributed by atoms with E-state index in [2.05, 4.69) is 11.4 Å². The van der Waals surface area contributed by atoms with Crippen LogP contribution < -0.4 is 5.32 Å². The maximum absolute atomic E-state index is 12.7. The molecule has 0 spiro atoms. The molecule has 0 bridgehead atoms. The van der Waals surface area contributed by atoms with Gasteiger partial charge in [0.25, 0.3) is 5.91 Å². The number of nitriles is 1. The van der Waals surface area contributed by atoms with Crippen LogP contribution in [0, 0.1) is 18.3 Å². The fraction of sp³-hybridized carbons (Fsp3) is 0.167. The minimum Gasteiger partial charge on any atom is -0.387 e. The van der Waals surface area contributed by atoms with Gasteiger partial charge in [0.05, 0.1) is 23.3 Å². The van der Waals surface area contributed by atoms with E-state index in [0.717, 1.165) is 21.6 Å². The first kappa shape index (κ1) is 20.7. The molecule has 1 atom stereocenters. The van der Waals surface area contributed by atoms with Crippen molar-refractivity contribution in [1.29, 1.82) is 5.26 Å². The summed E-state index contributed by atoms with van der Waals surface area (Å²) in [7, 11) is 0. The first-order valence-electron chi connectivity index (χ1n) is 9.30. The quantitative estimate of drug-likeness (QED) is 0.566. The Morgan fingerprint density at radius 3 is 2.45 bits per heavy atom. The van der Waals surface area contributed by atoms with Crippen LogP contribution in [-0.4, -0.2) is 17.6 Å². The molecular formula is C24H22N2O2S. The fourth-order valence-electron chi connectivity index (χ4n) is 2.81. The van der Waals surface area contributed by atoms with Gasteiger partial charge in [-0.25, -0.2) is 0 Å². The number of benzene rings is 3. The average Bonchev–Trinajstić information content (AvgIpc) is 2.77. The summed E-state index contributed by atoms with van der Waals surface area (Å²) in [4.78, 5) is 13.6. The predicted octanol–water partition coefficient (Wildman–Crippen LogP) is 4.62. The van der Waals surface area contributed by atoms with Crippen LogP contribution in [0.1, 0.15) is 38.7 Å². The van der Waals surface area contributed by atoms with Crippen molar-refractivity contribution in [1.82, 2.24) is 5.32 Å². The zero-order valence-corrected chi connectivity index (χ0v) is 16.9. The Kier molecular flexibility index (Phi) is 7.07. The Labute approximate surface area is 175 Å². The van der Waals surface area contributed by atoms with Crippen LogP contribution in [0.3, 0.4) is 0 Å². The lowest BCUT2D eigenvalue weighted by molar-refractivity contribution is 0.0913. The highest BCUT2D eigenvalue weighted by Gasteiger charge is 2.14. The third-order valence-corrected chi connectivity index (χ3v) is 5.67. The van der Waals surface area contributed by atoms with Crippen molar-refractivity contribution in [3.63, 3.8) is 0 Å². The molecule has 29 heavy (non-hydrogen) atoms. The summed E-state index contributed by atoms with van der Waals surface area (Å²) in [6, 6.07) is 24.6. The molecule has 0 aliphatic heterocycles. The molecule has 3 aromatic rings. The highest BCUT2D eigenvalue weighted by Crippen LogP contribution is 2.26. The van der Waals surface area contributed by atoms with Crippen LogP contribution in [0.2, 0.25) is 0 Å². The highest BCUT2D eigenvalue weighted by atomic mass is 32.2. The van der Waals surface area contributed by atoms with E-state index in [4.69, 9.17) is 5.26 Å². The molecule has 3 aromatic carbocycles. The zero-order valence-electron chi connectivity index (χ0n) is 16.1. The molecule has 0 saturated carbocycles. The molecule has 0 aliphatic carbocycles. The molecule has 1 unspecified atom stereocenters. The summed E-state index contributed by atoms with van der Waals surface area (Å²) in [5.74, 6) is 0.487. The number of aryl methyl sites for hydroxylation is 1. The Morgan fingerprint density at radius 2 is 1.76 bits per heavy atom. The Balaban J connectivity index is 1.61. The molecule has 0 radical (unpaired) electrons. The molecule has 0 aliphatic rings. The monoisotopic (exact) mass is 402 g/mol. The van der Waals surface area contributed by atoms with Crippen LogP contribution in [0.15, 0.2) is 77.7 Å². The minimum atomic E-state index is -0.752. The number of carbonyl (C=O) groups is 1. The lowest BCUT2D eigenvalue weighted by Crippen LogP contribution is -2.28. The van der Waals surface area contributed by atoms with Crippen molar-refractivity contribution >= 4 is 17.7 Å². The number of aliphatic hydroxyl groups excluding tert-OH is 1. The molecule has 4 nitrogen and oxygen atoms in total. The van der Waals surface area contributed by atoms with Crippen molar-refractivity contribution in [2.75, 3.05) is 6.54 Å². The number of aliphatic hydroxyl groups is 1. The van der Waals surface area contributed by atoms with E-state index in [1.807, 2.05) is 61.5 Å². The number of hydrogen-bond donors (Lipinski definition) is 2. The summed E-state index contributed by atoms with van der Waals surface area (Å²) in [6.45, 7) is 2.14. The predicted molar refractivity (Wildman–Crippen MR) is 116 cm³/mol. The molecule has 3 rings (SSSR count). The van der Waals surface area contributed by atoms with Crippen molar-refractivity contribution in [3.8, 4) is 6.07 Å². The average molecular weight is 403 g/mol. The van der Waals surface area contributed by atoms with Crippen molar-refractivity contribution in [3.05, 3.63) is 101 Å². The van der Waals surface area contributed by atoms with Gasteiger partial charge in [-0.2, -0.15) is 5.26 Å². The molecule has 146 valence electrons. The summed E-state index contributed by atoms with van der Waals surface area (Å²) in [5, 5.41) is 22.0. The smallest absolute Gasteiger partial charge is 0.252 e. The van der Waals surface area contributed by atoms with Gasteiger partial charge in [-0.05, 0) is 42.3 Å². The maximum atomic E-state index is 12.7. The van der Waals surface area contributed by atoms with E-state index in [1.54, 1.807) is 30.0 Å². The van der Waals surface area contributed by atoms with Gasteiger partial charge < -0.3 is 10.4 Å². The van der Waals surface area contributed by atoms with E-state index >= 15 is 0 Å². The number of carbonyl (C=O) groups excluding carboxylic acids is 1. The number of thioether (sulfide) groups is 1. The lowest BCUT2D eigenvalue weighted by atomic mass is 10.1. The molecule has 0 saturated heterocycles. The second-order valence-electron chi connectivity index (χ2n) is 6.73. The van der Waals surface area contributed by atoms with Gasteiger partial charge in [0, 0.05) is 17.2 Å². The zero-order chi connectivity index (χ0) is 20.6. The van der Waals surface area contributed by atoms with Crippen molar-refractivity contribution < 1.29 is 9.90 Å². The molecule has 5 heteroatoms. The summed E-state index contributed by atoms with van der Waals surface area (Å²) in [5.41, 5.74) is 4.20. The van der Waals surface area contributed by atoms with Gasteiger partial charge in [0.1, 0.15) is 0 Å². The van der Waals surface area contributed by atoms with Crippen LogP contribution >= 0.6 is 11.8 Å². The van der Waals surface area contributed by atoms with Gasteiger partial charge >= 0.3 is 0 Å². The Bertz CT molecular complexity index is 1010. The van der Waals surface area contributed by atoms with Gasteiger partial charge in [0.15, 0.2) is 0 Å². The van der Waals surface area contributed by atoms with Crippen molar-refractivity contribution in [2.24, 2.45) is 0 Å². The molecule has 2 N–H and O–H groups in total. The topological polar surface area (TPSA) is 73.1 Å². The van der Waals surface area contributed by atoms with E-state index in [0.29, 0.717) is 16.9 Å². The van der Waals surface area contributed by atoms with Gasteiger partial charge in [-0.1, -0.05) is 54.1 Å². The largest absolute Gasteiger partial charge is 0.387 e. The van der Waals surface area contributed by atoms with Gasteiger partial charge in [-0.3, -0.25) is 4.79 Å². The number of nitrogens with zero attached hydrogens (tertiary/aromatic N) is 1. The second kappa shape index (κ2) is 9.92. The highest BCUT2D eigenvalue weighted by molar-refractivity contribution is 7.98.